The Morgan fingerprint density at radius 1 is 1.25 bits per heavy atom. The third kappa shape index (κ3) is 2.71. The summed E-state index contributed by atoms with van der Waals surface area (Å²) in [5.74, 6) is 0.693. The van der Waals surface area contributed by atoms with Gasteiger partial charge in [0.1, 0.15) is 5.75 Å². The van der Waals surface area contributed by atoms with Gasteiger partial charge in [-0.25, -0.2) is 0 Å². The minimum absolute atomic E-state index is 0.00533. The Balaban J connectivity index is 1.98. The number of para-hydroxylation sites is 1. The summed E-state index contributed by atoms with van der Waals surface area (Å²) >= 11 is 4.79. The first-order valence-corrected chi connectivity index (χ1v) is 6.38. The molecule has 0 aliphatic rings. The van der Waals surface area contributed by atoms with Crippen LogP contribution in [0.3, 0.4) is 0 Å². The third-order valence-corrected chi connectivity index (χ3v) is 3.56. The van der Waals surface area contributed by atoms with Crippen LogP contribution in [0.5, 0.6) is 5.75 Å². The van der Waals surface area contributed by atoms with Crippen LogP contribution in [0.25, 0.3) is 0 Å². The van der Waals surface area contributed by atoms with Crippen molar-refractivity contribution in [2.45, 2.75) is 0 Å². The molecule has 0 unspecified atom stereocenters. The van der Waals surface area contributed by atoms with Crippen LogP contribution in [0, 0.1) is 0 Å². The Hall–Kier alpha value is -1.13. The van der Waals surface area contributed by atoms with E-state index in [0.29, 0.717) is 5.75 Å². The van der Waals surface area contributed by atoms with Crippen LogP contribution in [0.15, 0.2) is 46.3 Å². The molecule has 0 aliphatic carbocycles. The first kappa shape index (κ1) is 11.4. The van der Waals surface area contributed by atoms with Crippen molar-refractivity contribution in [3.8, 4) is 5.75 Å². The molecular weight excluding hydrogens is 288 g/mol. The van der Waals surface area contributed by atoms with Crippen LogP contribution < -0.4 is 4.74 Å². The number of carbonyl (C=O) groups is 1. The van der Waals surface area contributed by atoms with Gasteiger partial charge in [-0.3, -0.25) is 4.79 Å². The highest BCUT2D eigenvalue weighted by Gasteiger charge is 2.08. The van der Waals surface area contributed by atoms with Gasteiger partial charge in [0.25, 0.3) is 0 Å². The molecule has 0 fully saturated rings. The van der Waals surface area contributed by atoms with Crippen molar-refractivity contribution in [2.24, 2.45) is 0 Å². The topological polar surface area (TPSA) is 26.3 Å². The molecule has 0 atom stereocenters. The van der Waals surface area contributed by atoms with Crippen LogP contribution in [0.2, 0.25) is 0 Å². The Labute approximate surface area is 106 Å². The van der Waals surface area contributed by atoms with Crippen LogP contribution in [0.4, 0.5) is 0 Å². The van der Waals surface area contributed by atoms with Gasteiger partial charge in [0.05, 0.1) is 9.35 Å². The van der Waals surface area contributed by atoms with Gasteiger partial charge in [0.15, 0.2) is 6.61 Å². The Morgan fingerprint density at radius 3 is 2.75 bits per heavy atom. The maximum atomic E-state index is 11.7. The molecule has 2 aromatic rings. The van der Waals surface area contributed by atoms with Crippen molar-refractivity contribution in [1.82, 2.24) is 0 Å². The molecule has 0 amide bonds. The van der Waals surface area contributed by atoms with E-state index >= 15 is 0 Å². The first-order chi connectivity index (χ1) is 7.77. The highest BCUT2D eigenvalue weighted by molar-refractivity contribution is 9.10. The molecule has 2 nitrogen and oxygen atoms in total. The lowest BCUT2D eigenvalue weighted by Crippen LogP contribution is -2.10. The number of hydrogen-bond acceptors (Lipinski definition) is 3. The van der Waals surface area contributed by atoms with Crippen molar-refractivity contribution in [2.75, 3.05) is 6.61 Å². The molecule has 82 valence electrons. The summed E-state index contributed by atoms with van der Waals surface area (Å²) in [7, 11) is 0. The van der Waals surface area contributed by atoms with Gasteiger partial charge in [-0.2, -0.15) is 0 Å². The van der Waals surface area contributed by atoms with Crippen LogP contribution in [0.1, 0.15) is 9.67 Å². The largest absolute Gasteiger partial charge is 0.484 e. The van der Waals surface area contributed by atoms with E-state index in [-0.39, 0.29) is 12.4 Å². The van der Waals surface area contributed by atoms with Crippen molar-refractivity contribution < 1.29 is 9.53 Å². The third-order valence-electron chi connectivity index (χ3n) is 1.99. The molecule has 4 heteroatoms. The van der Waals surface area contributed by atoms with E-state index in [1.54, 1.807) is 6.07 Å². The number of ketones is 1. The van der Waals surface area contributed by atoms with Gasteiger partial charge >= 0.3 is 0 Å². The Kier molecular flexibility index (Phi) is 3.74. The maximum absolute atomic E-state index is 11.7. The quantitative estimate of drug-likeness (QED) is 0.803. The highest BCUT2D eigenvalue weighted by atomic mass is 79.9. The standard InChI is InChI=1S/C12H9BrO2S/c13-9-4-1-2-5-11(9)15-8-10(14)12-6-3-7-16-12/h1-7H,8H2. The Bertz CT molecular complexity index is 480. The van der Waals surface area contributed by atoms with Gasteiger partial charge < -0.3 is 4.74 Å². The summed E-state index contributed by atoms with van der Waals surface area (Å²) in [5, 5.41) is 1.88. The van der Waals surface area contributed by atoms with E-state index in [9.17, 15) is 4.79 Å². The van der Waals surface area contributed by atoms with Crippen molar-refractivity contribution in [3.05, 3.63) is 51.1 Å². The van der Waals surface area contributed by atoms with Gasteiger partial charge in [0, 0.05) is 0 Å². The predicted octanol–water partition coefficient (Wildman–Crippen LogP) is 3.77. The summed E-state index contributed by atoms with van der Waals surface area (Å²) in [6.45, 7) is 0.0725. The van der Waals surface area contributed by atoms with Gasteiger partial charge in [-0.05, 0) is 39.5 Å². The summed E-state index contributed by atoms with van der Waals surface area (Å²) in [6.07, 6.45) is 0. The highest BCUT2D eigenvalue weighted by Crippen LogP contribution is 2.24. The number of Topliss-reactive ketones (excluding diaryl/α,β-unsaturated/α-hetero) is 1. The lowest BCUT2D eigenvalue weighted by atomic mass is 10.3. The average molecular weight is 297 g/mol. The number of ether oxygens (including phenoxy) is 1. The van der Waals surface area contributed by atoms with Crippen molar-refractivity contribution in [1.29, 1.82) is 0 Å². The fourth-order valence-corrected chi connectivity index (χ4v) is 2.26. The molecule has 0 saturated carbocycles. The zero-order chi connectivity index (χ0) is 11.4. The first-order valence-electron chi connectivity index (χ1n) is 4.71. The number of carbonyl (C=O) groups excluding carboxylic acids is 1. The zero-order valence-corrected chi connectivity index (χ0v) is 10.8. The summed E-state index contributed by atoms with van der Waals surface area (Å²) in [6, 6.07) is 11.1. The van der Waals surface area contributed by atoms with Gasteiger partial charge in [-0.15, -0.1) is 11.3 Å². The molecule has 0 saturated heterocycles. The molecule has 0 radical (unpaired) electrons. The molecule has 0 bridgehead atoms. The van der Waals surface area contributed by atoms with Gasteiger partial charge in [-0.1, -0.05) is 18.2 Å². The van der Waals surface area contributed by atoms with Gasteiger partial charge in [0.2, 0.25) is 5.78 Å². The minimum Gasteiger partial charge on any atom is -0.484 e. The fraction of sp³-hybridized carbons (Fsp3) is 0.0833. The smallest absolute Gasteiger partial charge is 0.210 e. The van der Waals surface area contributed by atoms with E-state index < -0.39 is 0 Å². The molecular formula is C12H9BrO2S. The summed E-state index contributed by atoms with van der Waals surface area (Å²) in [5.41, 5.74) is 0. The Morgan fingerprint density at radius 2 is 2.06 bits per heavy atom. The maximum Gasteiger partial charge on any atom is 0.210 e. The van der Waals surface area contributed by atoms with E-state index in [4.69, 9.17) is 4.74 Å². The van der Waals surface area contributed by atoms with Crippen LogP contribution in [-0.2, 0) is 0 Å². The number of benzene rings is 1. The van der Waals surface area contributed by atoms with E-state index in [1.165, 1.54) is 11.3 Å². The second-order valence-corrected chi connectivity index (χ2v) is 4.92. The lowest BCUT2D eigenvalue weighted by molar-refractivity contribution is 0.0925. The molecule has 16 heavy (non-hydrogen) atoms. The van der Waals surface area contributed by atoms with Crippen molar-refractivity contribution >= 4 is 33.0 Å². The number of rotatable bonds is 4. The predicted molar refractivity (Wildman–Crippen MR) is 68.3 cm³/mol. The number of thiophene rings is 1. The minimum atomic E-state index is 0.00533. The van der Waals surface area contributed by atoms with E-state index in [1.807, 2.05) is 35.7 Å². The molecule has 0 aliphatic heterocycles. The molecule has 2 rings (SSSR count). The SMILES string of the molecule is O=C(COc1ccccc1Br)c1cccs1. The molecule has 1 aromatic heterocycles. The van der Waals surface area contributed by atoms with E-state index in [0.717, 1.165) is 9.35 Å². The summed E-state index contributed by atoms with van der Waals surface area (Å²) in [4.78, 5) is 12.4. The van der Waals surface area contributed by atoms with Crippen molar-refractivity contribution in [3.63, 3.8) is 0 Å². The molecule has 1 aromatic carbocycles. The number of halogens is 1. The normalized spacial score (nSPS) is 10.1. The van der Waals surface area contributed by atoms with E-state index in [2.05, 4.69) is 15.9 Å². The monoisotopic (exact) mass is 296 g/mol. The van der Waals surface area contributed by atoms with Crippen LogP contribution in [-0.4, -0.2) is 12.4 Å². The molecule has 1 heterocycles. The van der Waals surface area contributed by atoms with Crippen LogP contribution >= 0.6 is 27.3 Å². The zero-order valence-electron chi connectivity index (χ0n) is 8.35. The molecule has 0 spiro atoms. The second kappa shape index (κ2) is 5.27. The average Bonchev–Trinajstić information content (AvgIpc) is 2.81. The second-order valence-electron chi connectivity index (χ2n) is 3.12. The lowest BCUT2D eigenvalue weighted by Gasteiger charge is -2.05. The molecule has 0 N–H and O–H groups in total. The fourth-order valence-electron chi connectivity index (χ4n) is 1.21. The summed E-state index contributed by atoms with van der Waals surface area (Å²) < 4.78 is 6.29. The number of hydrogen-bond donors (Lipinski definition) is 0.